The van der Waals surface area contributed by atoms with Gasteiger partial charge in [-0.1, -0.05) is 5.92 Å². The molecule has 1 amide bonds. The highest BCUT2D eigenvalue weighted by atomic mass is 19.4. The maximum atomic E-state index is 13.6. The number of carbonyl (C=O) groups excluding carboxylic acids is 1. The molecule has 13 heteroatoms. The summed E-state index contributed by atoms with van der Waals surface area (Å²) in [6.07, 6.45) is 5.57. The monoisotopic (exact) mass is 494 g/mol. The number of fused-ring (bicyclic) bond motifs is 1. The highest BCUT2D eigenvalue weighted by Gasteiger charge is 2.38. The molecule has 0 spiro atoms. The van der Waals surface area contributed by atoms with E-state index in [0.29, 0.717) is 11.3 Å². The van der Waals surface area contributed by atoms with Gasteiger partial charge in [-0.3, -0.25) is 13.9 Å². The van der Waals surface area contributed by atoms with Crippen molar-refractivity contribution in [3.63, 3.8) is 0 Å². The number of phenolic OH excluding ortho intramolecular Hbond substituents is 1. The van der Waals surface area contributed by atoms with Gasteiger partial charge in [-0.2, -0.15) is 23.5 Å². The van der Waals surface area contributed by atoms with Crippen molar-refractivity contribution in [1.29, 1.82) is 5.26 Å². The van der Waals surface area contributed by atoms with Gasteiger partial charge in [0.25, 0.3) is 5.91 Å². The first kappa shape index (κ1) is 24.1. The van der Waals surface area contributed by atoms with Gasteiger partial charge in [-0.25, -0.2) is 9.97 Å². The molecular formula is C23H17F3N8O2. The van der Waals surface area contributed by atoms with Crippen molar-refractivity contribution in [3.05, 3.63) is 53.7 Å². The van der Waals surface area contributed by atoms with E-state index in [2.05, 4.69) is 31.6 Å². The Morgan fingerprint density at radius 2 is 2.08 bits per heavy atom. The molecule has 0 aliphatic heterocycles. The lowest BCUT2D eigenvalue weighted by Crippen LogP contribution is -2.24. The van der Waals surface area contributed by atoms with Crippen molar-refractivity contribution < 1.29 is 23.1 Å². The normalized spacial score (nSPS) is 11.2. The predicted octanol–water partition coefficient (Wildman–Crippen LogP) is 3.26. The number of terminal acetylenes is 1. The number of carbonyl (C=O) groups is 1. The van der Waals surface area contributed by atoms with E-state index in [1.54, 1.807) is 19.1 Å². The molecule has 0 saturated heterocycles. The van der Waals surface area contributed by atoms with Crippen LogP contribution in [-0.4, -0.2) is 41.7 Å². The molecule has 10 nitrogen and oxygen atoms in total. The fourth-order valence-corrected chi connectivity index (χ4v) is 3.67. The second-order valence-electron chi connectivity index (χ2n) is 7.56. The molecular weight excluding hydrogens is 477 g/mol. The fraction of sp³-hybridized carbons (Fsp3) is 0.174. The van der Waals surface area contributed by atoms with E-state index >= 15 is 0 Å². The van der Waals surface area contributed by atoms with Gasteiger partial charge < -0.3 is 15.7 Å². The lowest BCUT2D eigenvalue weighted by Gasteiger charge is -2.13. The SMILES string of the molecule is C#CCNC(=O)c1c(C)cc(Nc2nccn3c(-c4cn(CC#N)nc4C(F)(F)F)cnc23)cc1O. The summed E-state index contributed by atoms with van der Waals surface area (Å²) in [5.41, 5.74) is -0.250. The Bertz CT molecular complexity index is 1530. The van der Waals surface area contributed by atoms with Crippen molar-refractivity contribution in [1.82, 2.24) is 29.5 Å². The number of aromatic nitrogens is 5. The van der Waals surface area contributed by atoms with E-state index < -0.39 is 17.8 Å². The number of amides is 1. The molecule has 3 N–H and O–H groups in total. The van der Waals surface area contributed by atoms with Gasteiger partial charge in [0.1, 0.15) is 12.3 Å². The average Bonchev–Trinajstić information content (AvgIpc) is 3.42. The zero-order valence-corrected chi connectivity index (χ0v) is 18.6. The van der Waals surface area contributed by atoms with Crippen LogP contribution in [0.4, 0.5) is 24.7 Å². The van der Waals surface area contributed by atoms with Crippen LogP contribution in [0.3, 0.4) is 0 Å². The van der Waals surface area contributed by atoms with E-state index in [1.165, 1.54) is 29.1 Å². The highest BCUT2D eigenvalue weighted by Crippen LogP contribution is 2.37. The van der Waals surface area contributed by atoms with Crippen LogP contribution in [0.2, 0.25) is 0 Å². The Morgan fingerprint density at radius 1 is 1.31 bits per heavy atom. The number of phenols is 1. The molecule has 36 heavy (non-hydrogen) atoms. The summed E-state index contributed by atoms with van der Waals surface area (Å²) in [4.78, 5) is 20.7. The second kappa shape index (κ2) is 9.31. The Balaban J connectivity index is 1.73. The molecule has 0 aliphatic rings. The number of nitriles is 1. The van der Waals surface area contributed by atoms with Crippen LogP contribution in [-0.2, 0) is 12.7 Å². The number of hydrogen-bond acceptors (Lipinski definition) is 7. The number of halogens is 3. The quantitative estimate of drug-likeness (QED) is 0.351. The van der Waals surface area contributed by atoms with Crippen molar-refractivity contribution in [2.24, 2.45) is 0 Å². The summed E-state index contributed by atoms with van der Waals surface area (Å²) in [6, 6.07) is 4.66. The standard InChI is InChI=1S/C23H17F3N8O2/c1-3-5-29-22(36)18-13(2)9-14(10-17(18)35)31-20-21-30-11-16(34(21)8-6-28-20)15-12-33(7-4-27)32-19(15)23(24,25)26/h1,6,8-12,35H,5,7H2,2H3,(H,28,31)(H,29,36). The van der Waals surface area contributed by atoms with E-state index in [1.807, 2.05) is 0 Å². The number of anilines is 2. The fourth-order valence-electron chi connectivity index (χ4n) is 3.67. The number of hydrogen-bond donors (Lipinski definition) is 3. The third kappa shape index (κ3) is 4.50. The third-order valence-corrected chi connectivity index (χ3v) is 5.12. The summed E-state index contributed by atoms with van der Waals surface area (Å²) in [5.74, 6) is 1.62. The van der Waals surface area contributed by atoms with Crippen molar-refractivity contribution in [3.8, 4) is 35.4 Å². The van der Waals surface area contributed by atoms with Gasteiger partial charge in [0, 0.05) is 30.3 Å². The van der Waals surface area contributed by atoms with Gasteiger partial charge in [-0.05, 0) is 18.6 Å². The van der Waals surface area contributed by atoms with E-state index in [9.17, 15) is 23.1 Å². The molecule has 3 heterocycles. The predicted molar refractivity (Wildman–Crippen MR) is 122 cm³/mol. The number of rotatable bonds is 6. The van der Waals surface area contributed by atoms with Gasteiger partial charge in [0.15, 0.2) is 17.2 Å². The maximum absolute atomic E-state index is 13.6. The molecule has 0 radical (unpaired) electrons. The first-order valence-corrected chi connectivity index (χ1v) is 10.3. The molecule has 0 aliphatic carbocycles. The molecule has 3 aromatic heterocycles. The van der Waals surface area contributed by atoms with Gasteiger partial charge in [-0.15, -0.1) is 6.42 Å². The summed E-state index contributed by atoms with van der Waals surface area (Å²) in [5, 5.41) is 28.2. The maximum Gasteiger partial charge on any atom is 0.435 e. The second-order valence-corrected chi connectivity index (χ2v) is 7.56. The molecule has 182 valence electrons. The van der Waals surface area contributed by atoms with Crippen molar-refractivity contribution >= 4 is 23.1 Å². The molecule has 0 saturated carbocycles. The number of benzene rings is 1. The largest absolute Gasteiger partial charge is 0.507 e. The highest BCUT2D eigenvalue weighted by molar-refractivity contribution is 5.99. The van der Waals surface area contributed by atoms with Gasteiger partial charge in [0.05, 0.1) is 35.6 Å². The lowest BCUT2D eigenvalue weighted by molar-refractivity contribution is -0.141. The zero-order chi connectivity index (χ0) is 26.0. The van der Waals surface area contributed by atoms with Crippen LogP contribution >= 0.6 is 0 Å². The van der Waals surface area contributed by atoms with Crippen LogP contribution in [0.5, 0.6) is 5.75 Å². The minimum atomic E-state index is -4.75. The summed E-state index contributed by atoms with van der Waals surface area (Å²) in [6.45, 7) is 1.26. The summed E-state index contributed by atoms with van der Waals surface area (Å²) in [7, 11) is 0. The van der Waals surface area contributed by atoms with Crippen LogP contribution < -0.4 is 10.6 Å². The Morgan fingerprint density at radius 3 is 2.75 bits per heavy atom. The van der Waals surface area contributed by atoms with Crippen molar-refractivity contribution in [2.45, 2.75) is 19.6 Å². The number of aromatic hydroxyl groups is 1. The Labute approximate surface area is 202 Å². The number of aryl methyl sites for hydroxylation is 1. The zero-order valence-electron chi connectivity index (χ0n) is 18.6. The number of alkyl halides is 3. The minimum Gasteiger partial charge on any atom is -0.507 e. The van der Waals surface area contributed by atoms with E-state index in [0.717, 1.165) is 10.9 Å². The third-order valence-electron chi connectivity index (χ3n) is 5.12. The molecule has 0 fully saturated rings. The number of imidazole rings is 1. The molecule has 0 atom stereocenters. The average molecular weight is 494 g/mol. The van der Waals surface area contributed by atoms with E-state index in [4.69, 9.17) is 11.7 Å². The van der Waals surface area contributed by atoms with Crippen LogP contribution in [0.1, 0.15) is 21.6 Å². The first-order valence-electron chi connectivity index (χ1n) is 10.3. The molecule has 4 rings (SSSR count). The molecule has 4 aromatic rings. The van der Waals surface area contributed by atoms with Gasteiger partial charge in [0.2, 0.25) is 0 Å². The Kier molecular flexibility index (Phi) is 6.23. The molecule has 1 aromatic carbocycles. The van der Waals surface area contributed by atoms with Crippen LogP contribution in [0.15, 0.2) is 36.9 Å². The van der Waals surface area contributed by atoms with Gasteiger partial charge >= 0.3 is 6.18 Å². The first-order chi connectivity index (χ1) is 17.1. The number of nitrogens with zero attached hydrogens (tertiary/aromatic N) is 6. The molecule has 0 unspecified atom stereocenters. The lowest BCUT2D eigenvalue weighted by atomic mass is 10.1. The Hall–Kier alpha value is -5.04. The van der Waals surface area contributed by atoms with Crippen molar-refractivity contribution in [2.75, 3.05) is 11.9 Å². The number of nitrogens with one attached hydrogen (secondary N) is 2. The molecule has 0 bridgehead atoms. The summed E-state index contributed by atoms with van der Waals surface area (Å²) < 4.78 is 43.2. The minimum absolute atomic E-state index is 0.00266. The van der Waals surface area contributed by atoms with Crippen LogP contribution in [0, 0.1) is 30.6 Å². The van der Waals surface area contributed by atoms with Crippen LogP contribution in [0.25, 0.3) is 16.9 Å². The smallest absolute Gasteiger partial charge is 0.435 e. The van der Waals surface area contributed by atoms with E-state index in [-0.39, 0.29) is 47.1 Å². The summed E-state index contributed by atoms with van der Waals surface area (Å²) >= 11 is 0. The topological polar surface area (TPSA) is 133 Å².